The molecule has 1 N–H and O–H groups in total. The minimum atomic E-state index is -4.32. The second kappa shape index (κ2) is 5.46. The van der Waals surface area contributed by atoms with Crippen LogP contribution in [0.3, 0.4) is 0 Å². The normalized spacial score (nSPS) is 11.3. The number of thiazole rings is 1. The zero-order valence-corrected chi connectivity index (χ0v) is 13.2. The smallest absolute Gasteiger partial charge is 0.427 e. The van der Waals surface area contributed by atoms with Crippen LogP contribution in [-0.4, -0.2) is 29.6 Å². The molecule has 2 aromatic rings. The Bertz CT molecular complexity index is 746. The standard InChI is InChI=1S/C10H8BrN3O4S2/c1-6-7(11)2-3-9(13-6)20(17,18)14(10(15)16)8-4-19-5-12-8/h2-5H,1H3,(H,15,16). The van der Waals surface area contributed by atoms with E-state index in [2.05, 4.69) is 25.9 Å². The van der Waals surface area contributed by atoms with Crippen LogP contribution in [0.5, 0.6) is 0 Å². The first-order chi connectivity index (χ1) is 9.34. The number of halogens is 1. The van der Waals surface area contributed by atoms with Crippen molar-refractivity contribution in [3.8, 4) is 0 Å². The van der Waals surface area contributed by atoms with Gasteiger partial charge in [0, 0.05) is 9.85 Å². The Balaban J connectivity index is 2.57. The van der Waals surface area contributed by atoms with Crippen LogP contribution in [0.4, 0.5) is 10.6 Å². The van der Waals surface area contributed by atoms with Gasteiger partial charge < -0.3 is 5.11 Å². The van der Waals surface area contributed by atoms with Gasteiger partial charge >= 0.3 is 6.09 Å². The van der Waals surface area contributed by atoms with Crippen molar-refractivity contribution >= 4 is 49.2 Å². The Kier molecular flexibility index (Phi) is 4.06. The average molecular weight is 378 g/mol. The summed E-state index contributed by atoms with van der Waals surface area (Å²) < 4.78 is 25.6. The van der Waals surface area contributed by atoms with Gasteiger partial charge in [0.2, 0.25) is 0 Å². The van der Waals surface area contributed by atoms with Gasteiger partial charge in [0.05, 0.1) is 11.2 Å². The molecule has 10 heteroatoms. The third-order valence-corrected chi connectivity index (χ3v) is 5.29. The highest BCUT2D eigenvalue weighted by Gasteiger charge is 2.33. The highest BCUT2D eigenvalue weighted by atomic mass is 79.9. The van der Waals surface area contributed by atoms with E-state index in [0.717, 1.165) is 11.3 Å². The van der Waals surface area contributed by atoms with Crippen LogP contribution in [0.15, 0.2) is 32.5 Å². The lowest BCUT2D eigenvalue weighted by Gasteiger charge is -2.16. The molecule has 20 heavy (non-hydrogen) atoms. The summed E-state index contributed by atoms with van der Waals surface area (Å²) in [7, 11) is -4.32. The fraction of sp³-hybridized carbons (Fsp3) is 0.100. The third kappa shape index (κ3) is 2.67. The van der Waals surface area contributed by atoms with E-state index >= 15 is 0 Å². The lowest BCUT2D eigenvalue weighted by atomic mass is 10.4. The summed E-state index contributed by atoms with van der Waals surface area (Å²) in [6.45, 7) is 1.61. The summed E-state index contributed by atoms with van der Waals surface area (Å²) in [6, 6.07) is 2.73. The van der Waals surface area contributed by atoms with Crippen LogP contribution in [0.25, 0.3) is 0 Å². The monoisotopic (exact) mass is 377 g/mol. The third-order valence-electron chi connectivity index (χ3n) is 2.30. The number of sulfonamides is 1. The average Bonchev–Trinajstić information content (AvgIpc) is 2.85. The molecule has 0 atom stereocenters. The minimum absolute atomic E-state index is 0.176. The molecule has 0 aliphatic heterocycles. The van der Waals surface area contributed by atoms with E-state index < -0.39 is 16.1 Å². The van der Waals surface area contributed by atoms with E-state index in [1.54, 1.807) is 6.92 Å². The maximum absolute atomic E-state index is 12.4. The second-order valence-corrected chi connectivity index (χ2v) is 6.92. The van der Waals surface area contributed by atoms with E-state index in [1.165, 1.54) is 23.0 Å². The molecule has 0 fully saturated rings. The van der Waals surface area contributed by atoms with Crippen LogP contribution in [0.2, 0.25) is 0 Å². The summed E-state index contributed by atoms with van der Waals surface area (Å²) in [5.41, 5.74) is 1.79. The van der Waals surface area contributed by atoms with Crippen molar-refractivity contribution in [1.82, 2.24) is 9.97 Å². The molecule has 0 radical (unpaired) electrons. The second-order valence-electron chi connectivity index (χ2n) is 3.62. The van der Waals surface area contributed by atoms with E-state index in [4.69, 9.17) is 5.11 Å². The van der Waals surface area contributed by atoms with Gasteiger partial charge in [-0.3, -0.25) is 0 Å². The molecule has 7 nitrogen and oxygen atoms in total. The summed E-state index contributed by atoms with van der Waals surface area (Å²) in [5.74, 6) is -0.176. The van der Waals surface area contributed by atoms with Crippen LogP contribution in [0, 0.1) is 6.92 Å². The number of hydrogen-bond acceptors (Lipinski definition) is 6. The molecule has 0 spiro atoms. The van der Waals surface area contributed by atoms with Gasteiger partial charge in [-0.25, -0.2) is 14.8 Å². The zero-order chi connectivity index (χ0) is 14.9. The van der Waals surface area contributed by atoms with E-state index in [0.29, 0.717) is 10.2 Å². The Morgan fingerprint density at radius 3 is 2.65 bits per heavy atom. The number of carbonyl (C=O) groups is 1. The first kappa shape index (κ1) is 14.9. The van der Waals surface area contributed by atoms with Gasteiger partial charge in [0.1, 0.15) is 0 Å². The van der Waals surface area contributed by atoms with E-state index in [1.807, 2.05) is 0 Å². The molecule has 2 heterocycles. The van der Waals surface area contributed by atoms with Crippen LogP contribution in [-0.2, 0) is 10.0 Å². The molecule has 0 aliphatic carbocycles. The number of pyridine rings is 1. The Morgan fingerprint density at radius 2 is 2.15 bits per heavy atom. The lowest BCUT2D eigenvalue weighted by Crippen LogP contribution is -2.36. The SMILES string of the molecule is Cc1nc(S(=O)(=O)N(C(=O)O)c2cscn2)ccc1Br. The Hall–Kier alpha value is -1.52. The number of anilines is 1. The van der Waals surface area contributed by atoms with Crippen LogP contribution >= 0.6 is 27.3 Å². The van der Waals surface area contributed by atoms with Crippen LogP contribution < -0.4 is 4.31 Å². The first-order valence-corrected chi connectivity index (χ1v) is 8.31. The van der Waals surface area contributed by atoms with Crippen molar-refractivity contribution in [3.63, 3.8) is 0 Å². The van der Waals surface area contributed by atoms with Crippen molar-refractivity contribution in [2.75, 3.05) is 4.31 Å². The van der Waals surface area contributed by atoms with Crippen molar-refractivity contribution in [1.29, 1.82) is 0 Å². The number of rotatable bonds is 3. The Labute approximate surface area is 127 Å². The van der Waals surface area contributed by atoms with Crippen molar-refractivity contribution in [2.45, 2.75) is 11.9 Å². The van der Waals surface area contributed by atoms with Gasteiger partial charge in [-0.1, -0.05) is 0 Å². The molecule has 2 rings (SSSR count). The highest BCUT2D eigenvalue weighted by Crippen LogP contribution is 2.24. The largest absolute Gasteiger partial charge is 0.464 e. The molecule has 106 valence electrons. The predicted molar refractivity (Wildman–Crippen MR) is 76.5 cm³/mol. The topological polar surface area (TPSA) is 100 Å². The zero-order valence-electron chi connectivity index (χ0n) is 10.0. The fourth-order valence-corrected chi connectivity index (χ4v) is 3.42. The highest BCUT2D eigenvalue weighted by molar-refractivity contribution is 9.10. The quantitative estimate of drug-likeness (QED) is 0.881. The maximum Gasteiger partial charge on any atom is 0.427 e. The van der Waals surface area contributed by atoms with Gasteiger partial charge in [0.25, 0.3) is 10.0 Å². The minimum Gasteiger partial charge on any atom is -0.464 e. The first-order valence-electron chi connectivity index (χ1n) is 5.13. The molecule has 1 amide bonds. The Morgan fingerprint density at radius 1 is 1.45 bits per heavy atom. The van der Waals surface area contributed by atoms with E-state index in [-0.39, 0.29) is 15.1 Å². The van der Waals surface area contributed by atoms with Crippen molar-refractivity contribution in [3.05, 3.63) is 33.2 Å². The number of carboxylic acid groups (broad SMARTS) is 1. The molecular formula is C10H8BrN3O4S2. The number of hydrogen-bond donors (Lipinski definition) is 1. The van der Waals surface area contributed by atoms with Gasteiger partial charge in [-0.2, -0.15) is 8.42 Å². The maximum atomic E-state index is 12.4. The van der Waals surface area contributed by atoms with E-state index in [9.17, 15) is 13.2 Å². The van der Waals surface area contributed by atoms with Gasteiger partial charge in [0.15, 0.2) is 10.8 Å². The summed E-state index contributed by atoms with van der Waals surface area (Å²) in [5, 5.41) is 10.1. The number of nitrogens with zero attached hydrogens (tertiary/aromatic N) is 3. The molecular weight excluding hydrogens is 370 g/mol. The predicted octanol–water partition coefficient (Wildman–Crippen LogP) is 2.48. The van der Waals surface area contributed by atoms with Gasteiger partial charge in [-0.15, -0.1) is 15.6 Å². The molecule has 0 aliphatic rings. The fourth-order valence-electron chi connectivity index (χ4n) is 1.39. The summed E-state index contributed by atoms with van der Waals surface area (Å²) in [4.78, 5) is 18.9. The number of amides is 1. The number of aromatic nitrogens is 2. The molecule has 0 unspecified atom stereocenters. The molecule has 0 aromatic carbocycles. The molecule has 0 saturated heterocycles. The van der Waals surface area contributed by atoms with Gasteiger partial charge in [-0.05, 0) is 35.0 Å². The number of aryl methyl sites for hydroxylation is 1. The van der Waals surface area contributed by atoms with Crippen LogP contribution in [0.1, 0.15) is 5.69 Å². The van der Waals surface area contributed by atoms with Crippen molar-refractivity contribution in [2.24, 2.45) is 0 Å². The molecule has 0 bridgehead atoms. The molecule has 2 aromatic heterocycles. The van der Waals surface area contributed by atoms with Crippen molar-refractivity contribution < 1.29 is 18.3 Å². The summed E-state index contributed by atoms with van der Waals surface area (Å²) in [6.07, 6.45) is -1.64. The lowest BCUT2D eigenvalue weighted by molar-refractivity contribution is 0.206. The summed E-state index contributed by atoms with van der Waals surface area (Å²) >= 11 is 4.30. The molecule has 0 saturated carbocycles.